The molecule has 0 aliphatic heterocycles. The van der Waals surface area contributed by atoms with E-state index in [0.29, 0.717) is 35.9 Å². The molecule has 2 aromatic heterocycles. The van der Waals surface area contributed by atoms with E-state index < -0.39 is 0 Å². The predicted molar refractivity (Wildman–Crippen MR) is 152 cm³/mol. The van der Waals surface area contributed by atoms with Gasteiger partial charge in [0.05, 0.1) is 6.61 Å². The number of fused-ring (bicyclic) bond motifs is 1. The minimum Gasteiger partial charge on any atom is -0.494 e. The molecule has 0 radical (unpaired) electrons. The Balaban J connectivity index is 1.32. The number of carbonyl (C=O) groups excluding carboxylic acids is 1. The standard InChI is InChI=1S/C32H39N3O3/c1-3-5-19-34(20-6-4-2)21-11-23-37-28-17-15-27(16-18-28)31(36)29-24-35-22-10-14-30(32(35)33-29)38-25-26-12-8-7-9-13-26/h7-10,12-18,22,24H,3-6,11,19-21,23,25H2,1-2H3. The van der Waals surface area contributed by atoms with Crippen molar-refractivity contribution in [3.8, 4) is 11.5 Å². The third-order valence-corrected chi connectivity index (χ3v) is 6.58. The molecule has 0 aliphatic carbocycles. The molecule has 200 valence electrons. The predicted octanol–water partition coefficient (Wildman–Crippen LogP) is 6.82. The molecule has 4 rings (SSSR count). The first kappa shape index (κ1) is 27.4. The van der Waals surface area contributed by atoms with Crippen LogP contribution in [0, 0.1) is 0 Å². The molecule has 0 N–H and O–H groups in total. The first-order chi connectivity index (χ1) is 18.7. The van der Waals surface area contributed by atoms with Gasteiger partial charge in [-0.2, -0.15) is 0 Å². The Labute approximate surface area is 226 Å². The van der Waals surface area contributed by atoms with Crippen LogP contribution in [0.3, 0.4) is 0 Å². The lowest BCUT2D eigenvalue weighted by molar-refractivity contribution is 0.103. The van der Waals surface area contributed by atoms with E-state index in [1.807, 2.05) is 77.3 Å². The maximum atomic E-state index is 13.2. The number of unbranched alkanes of at least 4 members (excludes halogenated alkanes) is 2. The zero-order chi connectivity index (χ0) is 26.6. The molecule has 0 saturated heterocycles. The van der Waals surface area contributed by atoms with Gasteiger partial charge in [-0.15, -0.1) is 0 Å². The van der Waals surface area contributed by atoms with Gasteiger partial charge in [-0.25, -0.2) is 4.98 Å². The second-order valence-electron chi connectivity index (χ2n) is 9.61. The molecule has 2 heterocycles. The fraction of sp³-hybridized carbons (Fsp3) is 0.375. The third kappa shape index (κ3) is 7.68. The molecule has 6 nitrogen and oxygen atoms in total. The monoisotopic (exact) mass is 513 g/mol. The number of hydrogen-bond acceptors (Lipinski definition) is 5. The summed E-state index contributed by atoms with van der Waals surface area (Å²) in [5.41, 5.74) is 2.66. The number of benzene rings is 2. The normalized spacial score (nSPS) is 11.2. The third-order valence-electron chi connectivity index (χ3n) is 6.58. The Morgan fingerprint density at radius 2 is 1.55 bits per heavy atom. The largest absolute Gasteiger partial charge is 0.494 e. The highest BCUT2D eigenvalue weighted by molar-refractivity contribution is 6.08. The van der Waals surface area contributed by atoms with Gasteiger partial charge in [0, 0.05) is 24.5 Å². The van der Waals surface area contributed by atoms with Crippen LogP contribution in [0.25, 0.3) is 5.65 Å². The zero-order valence-corrected chi connectivity index (χ0v) is 22.6. The molecule has 0 atom stereocenters. The number of rotatable bonds is 16. The van der Waals surface area contributed by atoms with E-state index in [1.165, 1.54) is 25.7 Å². The highest BCUT2D eigenvalue weighted by atomic mass is 16.5. The maximum absolute atomic E-state index is 13.2. The van der Waals surface area contributed by atoms with Crippen LogP contribution < -0.4 is 9.47 Å². The lowest BCUT2D eigenvalue weighted by Crippen LogP contribution is -2.28. The highest BCUT2D eigenvalue weighted by Crippen LogP contribution is 2.22. The second kappa shape index (κ2) is 14.3. The number of ketones is 1. The van der Waals surface area contributed by atoms with Crippen molar-refractivity contribution in [1.29, 1.82) is 0 Å². The van der Waals surface area contributed by atoms with Gasteiger partial charge in [0.1, 0.15) is 18.1 Å². The number of ether oxygens (including phenoxy) is 2. The average molecular weight is 514 g/mol. The molecule has 0 spiro atoms. The molecule has 0 saturated carbocycles. The number of nitrogens with zero attached hydrogens (tertiary/aromatic N) is 3. The smallest absolute Gasteiger partial charge is 0.212 e. The van der Waals surface area contributed by atoms with E-state index in [1.54, 1.807) is 6.20 Å². The van der Waals surface area contributed by atoms with Crippen molar-refractivity contribution >= 4 is 11.4 Å². The summed E-state index contributed by atoms with van der Waals surface area (Å²) >= 11 is 0. The van der Waals surface area contributed by atoms with Crippen LogP contribution in [-0.2, 0) is 6.61 Å². The van der Waals surface area contributed by atoms with Crippen LogP contribution >= 0.6 is 0 Å². The number of aromatic nitrogens is 2. The highest BCUT2D eigenvalue weighted by Gasteiger charge is 2.16. The van der Waals surface area contributed by atoms with E-state index >= 15 is 0 Å². The van der Waals surface area contributed by atoms with Gasteiger partial charge in [-0.3, -0.25) is 4.79 Å². The van der Waals surface area contributed by atoms with Crippen LogP contribution in [0.2, 0.25) is 0 Å². The van der Waals surface area contributed by atoms with Gasteiger partial charge in [0.2, 0.25) is 5.78 Å². The Kier molecular flexibility index (Phi) is 10.3. The van der Waals surface area contributed by atoms with Gasteiger partial charge >= 0.3 is 0 Å². The van der Waals surface area contributed by atoms with E-state index in [4.69, 9.17) is 9.47 Å². The molecular formula is C32H39N3O3. The van der Waals surface area contributed by atoms with E-state index in [9.17, 15) is 4.79 Å². The SMILES string of the molecule is CCCCN(CCCC)CCCOc1ccc(C(=O)c2cn3cccc(OCc4ccccc4)c3n2)cc1. The minimum absolute atomic E-state index is 0.128. The van der Waals surface area contributed by atoms with Crippen molar-refractivity contribution in [1.82, 2.24) is 14.3 Å². The van der Waals surface area contributed by atoms with Gasteiger partial charge in [0.25, 0.3) is 0 Å². The zero-order valence-electron chi connectivity index (χ0n) is 22.6. The topological polar surface area (TPSA) is 56.1 Å². The summed E-state index contributed by atoms with van der Waals surface area (Å²) in [6.45, 7) is 8.97. The molecule has 2 aromatic carbocycles. The molecule has 0 unspecified atom stereocenters. The van der Waals surface area contributed by atoms with Crippen molar-refractivity contribution in [2.45, 2.75) is 52.6 Å². The molecular weight excluding hydrogens is 474 g/mol. The van der Waals surface area contributed by atoms with Crippen molar-refractivity contribution in [2.75, 3.05) is 26.2 Å². The van der Waals surface area contributed by atoms with E-state index in [-0.39, 0.29) is 5.78 Å². The second-order valence-corrected chi connectivity index (χ2v) is 9.61. The van der Waals surface area contributed by atoms with Gasteiger partial charge in [-0.05, 0) is 74.3 Å². The number of hydrogen-bond donors (Lipinski definition) is 0. The molecule has 6 heteroatoms. The summed E-state index contributed by atoms with van der Waals surface area (Å²) in [4.78, 5) is 20.3. The van der Waals surface area contributed by atoms with Crippen LogP contribution in [0.15, 0.2) is 79.1 Å². The van der Waals surface area contributed by atoms with Gasteiger partial charge < -0.3 is 18.8 Å². The van der Waals surface area contributed by atoms with Gasteiger partial charge in [-0.1, -0.05) is 57.0 Å². The summed E-state index contributed by atoms with van der Waals surface area (Å²) in [7, 11) is 0. The minimum atomic E-state index is -0.128. The fourth-order valence-corrected chi connectivity index (χ4v) is 4.37. The maximum Gasteiger partial charge on any atom is 0.212 e. The average Bonchev–Trinajstić information content (AvgIpc) is 3.41. The number of pyridine rings is 1. The number of carbonyl (C=O) groups is 1. The molecule has 0 bridgehead atoms. The Hall–Kier alpha value is -3.64. The van der Waals surface area contributed by atoms with Crippen molar-refractivity contribution in [3.63, 3.8) is 0 Å². The van der Waals surface area contributed by atoms with Crippen molar-refractivity contribution < 1.29 is 14.3 Å². The lowest BCUT2D eigenvalue weighted by atomic mass is 10.1. The molecule has 0 amide bonds. The summed E-state index contributed by atoms with van der Waals surface area (Å²) in [5, 5.41) is 0. The van der Waals surface area contributed by atoms with Crippen LogP contribution in [0.1, 0.15) is 67.6 Å². The van der Waals surface area contributed by atoms with Crippen LogP contribution in [0.4, 0.5) is 0 Å². The van der Waals surface area contributed by atoms with E-state index in [0.717, 1.165) is 37.4 Å². The lowest BCUT2D eigenvalue weighted by Gasteiger charge is -2.21. The number of imidazole rings is 1. The van der Waals surface area contributed by atoms with Gasteiger partial charge in [0.15, 0.2) is 11.4 Å². The molecule has 0 fully saturated rings. The summed E-state index contributed by atoms with van der Waals surface area (Å²) in [6.07, 6.45) is 9.55. The van der Waals surface area contributed by atoms with Crippen LogP contribution in [-0.4, -0.2) is 46.3 Å². The quantitative estimate of drug-likeness (QED) is 0.122. The van der Waals surface area contributed by atoms with Crippen molar-refractivity contribution in [3.05, 3.63) is 95.9 Å². The Bertz CT molecular complexity index is 1260. The molecule has 38 heavy (non-hydrogen) atoms. The first-order valence-electron chi connectivity index (χ1n) is 13.8. The summed E-state index contributed by atoms with van der Waals surface area (Å²) in [5.74, 6) is 1.29. The first-order valence-corrected chi connectivity index (χ1v) is 13.8. The van der Waals surface area contributed by atoms with Crippen molar-refractivity contribution in [2.24, 2.45) is 0 Å². The molecule has 0 aliphatic rings. The van der Waals surface area contributed by atoms with Crippen LogP contribution in [0.5, 0.6) is 11.5 Å². The molecule has 4 aromatic rings. The Morgan fingerprint density at radius 1 is 0.842 bits per heavy atom. The fourth-order valence-electron chi connectivity index (χ4n) is 4.37. The summed E-state index contributed by atoms with van der Waals surface area (Å²) < 4.78 is 13.8. The summed E-state index contributed by atoms with van der Waals surface area (Å²) in [6, 6.07) is 21.1. The van der Waals surface area contributed by atoms with E-state index in [2.05, 4.69) is 23.7 Å². The Morgan fingerprint density at radius 3 is 2.26 bits per heavy atom.